The quantitative estimate of drug-likeness (QED) is 0.889. The Morgan fingerprint density at radius 1 is 1.42 bits per heavy atom. The van der Waals surface area contributed by atoms with Crippen molar-refractivity contribution in [2.75, 3.05) is 13.6 Å². The number of rotatable bonds is 5. The van der Waals surface area contributed by atoms with Gasteiger partial charge in [-0.2, -0.15) is 0 Å². The SMILES string of the molecule is CNC(=O)CCNC(C)c1cc2cc(Br)ccc2o1. The highest BCUT2D eigenvalue weighted by Gasteiger charge is 2.11. The van der Waals surface area contributed by atoms with Crippen molar-refractivity contribution in [3.05, 3.63) is 34.5 Å². The third-order valence-electron chi connectivity index (χ3n) is 3.01. The highest BCUT2D eigenvalue weighted by molar-refractivity contribution is 9.10. The van der Waals surface area contributed by atoms with Crippen LogP contribution in [0.1, 0.15) is 25.1 Å². The molecule has 0 saturated heterocycles. The Labute approximate surface area is 120 Å². The zero-order chi connectivity index (χ0) is 13.8. The minimum Gasteiger partial charge on any atom is -0.459 e. The molecule has 4 nitrogen and oxygen atoms in total. The summed E-state index contributed by atoms with van der Waals surface area (Å²) in [7, 11) is 1.64. The Bertz CT molecular complexity index is 580. The molecular weight excluding hydrogens is 308 g/mol. The van der Waals surface area contributed by atoms with Gasteiger partial charge in [0.25, 0.3) is 0 Å². The van der Waals surface area contributed by atoms with E-state index in [1.807, 2.05) is 31.2 Å². The van der Waals surface area contributed by atoms with Crippen molar-refractivity contribution in [3.63, 3.8) is 0 Å². The van der Waals surface area contributed by atoms with Crippen LogP contribution in [0.15, 0.2) is 33.2 Å². The maximum absolute atomic E-state index is 11.1. The first-order valence-electron chi connectivity index (χ1n) is 6.23. The fourth-order valence-corrected chi connectivity index (χ4v) is 2.25. The molecule has 0 bridgehead atoms. The number of carbonyl (C=O) groups is 1. The van der Waals surface area contributed by atoms with E-state index in [1.54, 1.807) is 7.05 Å². The highest BCUT2D eigenvalue weighted by atomic mass is 79.9. The van der Waals surface area contributed by atoms with Crippen LogP contribution in [0.4, 0.5) is 0 Å². The summed E-state index contributed by atoms with van der Waals surface area (Å²) in [6, 6.07) is 8.03. The normalized spacial score (nSPS) is 12.6. The van der Waals surface area contributed by atoms with Crippen LogP contribution in [0.3, 0.4) is 0 Å². The van der Waals surface area contributed by atoms with Gasteiger partial charge in [-0.05, 0) is 31.2 Å². The van der Waals surface area contributed by atoms with Crippen LogP contribution in [0.2, 0.25) is 0 Å². The molecule has 1 atom stereocenters. The molecule has 1 aromatic heterocycles. The van der Waals surface area contributed by atoms with Crippen molar-refractivity contribution in [1.82, 2.24) is 10.6 Å². The number of carbonyl (C=O) groups excluding carboxylic acids is 1. The fourth-order valence-electron chi connectivity index (χ4n) is 1.88. The maximum Gasteiger partial charge on any atom is 0.221 e. The second-order valence-electron chi connectivity index (χ2n) is 4.43. The molecule has 19 heavy (non-hydrogen) atoms. The van der Waals surface area contributed by atoms with Gasteiger partial charge in [0.1, 0.15) is 11.3 Å². The molecule has 2 aromatic rings. The van der Waals surface area contributed by atoms with Crippen LogP contribution in [-0.2, 0) is 4.79 Å². The molecule has 1 amide bonds. The van der Waals surface area contributed by atoms with Crippen LogP contribution in [0.25, 0.3) is 11.0 Å². The van der Waals surface area contributed by atoms with E-state index in [4.69, 9.17) is 4.42 Å². The number of amides is 1. The van der Waals surface area contributed by atoms with Gasteiger partial charge in [0.15, 0.2) is 0 Å². The van der Waals surface area contributed by atoms with Crippen molar-refractivity contribution >= 4 is 32.8 Å². The Morgan fingerprint density at radius 2 is 2.21 bits per heavy atom. The minimum atomic E-state index is 0.0354. The lowest BCUT2D eigenvalue weighted by molar-refractivity contribution is -0.120. The van der Waals surface area contributed by atoms with Crippen LogP contribution >= 0.6 is 15.9 Å². The molecular formula is C14H17BrN2O2. The van der Waals surface area contributed by atoms with E-state index < -0.39 is 0 Å². The zero-order valence-corrected chi connectivity index (χ0v) is 12.6. The molecule has 0 saturated carbocycles. The molecule has 1 aromatic carbocycles. The molecule has 2 rings (SSSR count). The van der Waals surface area contributed by atoms with E-state index in [0.29, 0.717) is 13.0 Å². The molecule has 1 heterocycles. The van der Waals surface area contributed by atoms with Crippen molar-refractivity contribution in [1.29, 1.82) is 0 Å². The van der Waals surface area contributed by atoms with E-state index in [-0.39, 0.29) is 11.9 Å². The average molecular weight is 325 g/mol. The molecule has 0 aliphatic heterocycles. The number of hydrogen-bond acceptors (Lipinski definition) is 3. The zero-order valence-electron chi connectivity index (χ0n) is 11.0. The van der Waals surface area contributed by atoms with Gasteiger partial charge in [-0.25, -0.2) is 0 Å². The summed E-state index contributed by atoms with van der Waals surface area (Å²) in [6.07, 6.45) is 0.465. The lowest BCUT2D eigenvalue weighted by atomic mass is 10.2. The third-order valence-corrected chi connectivity index (χ3v) is 3.50. The van der Waals surface area contributed by atoms with Gasteiger partial charge in [0.05, 0.1) is 6.04 Å². The largest absolute Gasteiger partial charge is 0.459 e. The number of halogens is 1. The van der Waals surface area contributed by atoms with Gasteiger partial charge in [-0.3, -0.25) is 4.79 Å². The first-order valence-corrected chi connectivity index (χ1v) is 7.02. The van der Waals surface area contributed by atoms with Gasteiger partial charge in [-0.1, -0.05) is 15.9 Å². The highest BCUT2D eigenvalue weighted by Crippen LogP contribution is 2.26. The average Bonchev–Trinajstić information content (AvgIpc) is 2.81. The monoisotopic (exact) mass is 324 g/mol. The minimum absolute atomic E-state index is 0.0354. The Kier molecular flexibility index (Phi) is 4.61. The van der Waals surface area contributed by atoms with Gasteiger partial charge in [0.2, 0.25) is 5.91 Å². The topological polar surface area (TPSA) is 54.3 Å². The molecule has 2 N–H and O–H groups in total. The predicted molar refractivity (Wildman–Crippen MR) is 79.0 cm³/mol. The lowest BCUT2D eigenvalue weighted by Crippen LogP contribution is -2.26. The fraction of sp³-hybridized carbons (Fsp3) is 0.357. The molecule has 0 aliphatic rings. The van der Waals surface area contributed by atoms with Gasteiger partial charge in [0, 0.05) is 29.9 Å². The summed E-state index contributed by atoms with van der Waals surface area (Å²) >= 11 is 3.44. The molecule has 5 heteroatoms. The van der Waals surface area contributed by atoms with E-state index in [0.717, 1.165) is 21.2 Å². The summed E-state index contributed by atoms with van der Waals surface area (Å²) in [5.41, 5.74) is 0.873. The van der Waals surface area contributed by atoms with Crippen molar-refractivity contribution in [2.24, 2.45) is 0 Å². The van der Waals surface area contributed by atoms with Crippen LogP contribution in [-0.4, -0.2) is 19.5 Å². The van der Waals surface area contributed by atoms with E-state index in [2.05, 4.69) is 26.6 Å². The molecule has 102 valence electrons. The second-order valence-corrected chi connectivity index (χ2v) is 5.35. The van der Waals surface area contributed by atoms with E-state index >= 15 is 0 Å². The Hall–Kier alpha value is -1.33. The number of hydrogen-bond donors (Lipinski definition) is 2. The maximum atomic E-state index is 11.1. The Balaban J connectivity index is 2.01. The number of nitrogens with one attached hydrogen (secondary N) is 2. The third kappa shape index (κ3) is 3.58. The second kappa shape index (κ2) is 6.21. The van der Waals surface area contributed by atoms with Crippen molar-refractivity contribution in [2.45, 2.75) is 19.4 Å². The predicted octanol–water partition coefficient (Wildman–Crippen LogP) is 2.98. The van der Waals surface area contributed by atoms with Gasteiger partial charge < -0.3 is 15.1 Å². The molecule has 0 radical (unpaired) electrons. The first-order chi connectivity index (χ1) is 9.10. The van der Waals surface area contributed by atoms with Crippen molar-refractivity contribution < 1.29 is 9.21 Å². The number of fused-ring (bicyclic) bond motifs is 1. The summed E-state index contributed by atoms with van der Waals surface area (Å²) < 4.78 is 6.82. The van der Waals surface area contributed by atoms with Gasteiger partial charge >= 0.3 is 0 Å². The molecule has 0 spiro atoms. The Morgan fingerprint density at radius 3 is 2.95 bits per heavy atom. The van der Waals surface area contributed by atoms with Gasteiger partial charge in [-0.15, -0.1) is 0 Å². The molecule has 1 unspecified atom stereocenters. The van der Waals surface area contributed by atoms with E-state index in [1.165, 1.54) is 0 Å². The standard InChI is InChI=1S/C14H17BrN2O2/c1-9(17-6-5-14(18)16-2)13-8-10-7-11(15)3-4-12(10)19-13/h3-4,7-9,17H,5-6H2,1-2H3,(H,16,18). The lowest BCUT2D eigenvalue weighted by Gasteiger charge is -2.10. The van der Waals surface area contributed by atoms with Crippen molar-refractivity contribution in [3.8, 4) is 0 Å². The van der Waals surface area contributed by atoms with Crippen LogP contribution in [0, 0.1) is 0 Å². The molecule has 0 fully saturated rings. The summed E-state index contributed by atoms with van der Waals surface area (Å²) in [5.74, 6) is 0.915. The smallest absolute Gasteiger partial charge is 0.221 e. The van der Waals surface area contributed by atoms with Crippen LogP contribution < -0.4 is 10.6 Å². The summed E-state index contributed by atoms with van der Waals surface area (Å²) in [4.78, 5) is 11.1. The molecule has 0 aliphatic carbocycles. The first kappa shape index (κ1) is 14.1. The van der Waals surface area contributed by atoms with E-state index in [9.17, 15) is 4.79 Å². The number of furan rings is 1. The van der Waals surface area contributed by atoms with Crippen LogP contribution in [0.5, 0.6) is 0 Å². The number of benzene rings is 1. The summed E-state index contributed by atoms with van der Waals surface area (Å²) in [5, 5.41) is 6.95. The summed E-state index contributed by atoms with van der Waals surface area (Å²) in [6.45, 7) is 2.65.